The van der Waals surface area contributed by atoms with Gasteiger partial charge in [0, 0.05) is 36.4 Å². The Bertz CT molecular complexity index is 328. The number of alkyl halides is 1. The SMILES string of the molecule is BrCC=Cc1cnc(N2CCCC2)nc1. The maximum absolute atomic E-state index is 4.36. The van der Waals surface area contributed by atoms with Gasteiger partial charge in [-0.15, -0.1) is 0 Å². The van der Waals surface area contributed by atoms with Gasteiger partial charge in [-0.25, -0.2) is 9.97 Å². The standard InChI is InChI=1S/C11H14BrN3/c12-5-3-4-10-8-13-11(14-9-10)15-6-1-2-7-15/h3-4,8-9H,1-2,5-7H2. The first-order chi connectivity index (χ1) is 7.40. The first-order valence-electron chi connectivity index (χ1n) is 5.19. The molecule has 0 spiro atoms. The third-order valence-corrected chi connectivity index (χ3v) is 2.82. The second-order valence-electron chi connectivity index (χ2n) is 3.57. The molecule has 0 saturated carbocycles. The monoisotopic (exact) mass is 267 g/mol. The molecule has 1 saturated heterocycles. The largest absolute Gasteiger partial charge is 0.341 e. The molecule has 2 rings (SSSR count). The zero-order valence-corrected chi connectivity index (χ0v) is 10.2. The second-order valence-corrected chi connectivity index (χ2v) is 4.21. The summed E-state index contributed by atoms with van der Waals surface area (Å²) in [5.74, 6) is 0.864. The van der Waals surface area contributed by atoms with E-state index < -0.39 is 0 Å². The molecule has 80 valence electrons. The molecule has 1 fully saturated rings. The van der Waals surface area contributed by atoms with Gasteiger partial charge in [-0.05, 0) is 12.8 Å². The quantitative estimate of drug-likeness (QED) is 0.789. The molecule has 0 amide bonds. The summed E-state index contributed by atoms with van der Waals surface area (Å²) in [4.78, 5) is 11.0. The smallest absolute Gasteiger partial charge is 0.225 e. The summed E-state index contributed by atoms with van der Waals surface area (Å²) >= 11 is 3.34. The molecule has 0 N–H and O–H groups in total. The summed E-state index contributed by atoms with van der Waals surface area (Å²) in [5.41, 5.74) is 1.05. The van der Waals surface area contributed by atoms with E-state index >= 15 is 0 Å². The Hall–Kier alpha value is -0.900. The van der Waals surface area contributed by atoms with Gasteiger partial charge in [0.15, 0.2) is 0 Å². The maximum atomic E-state index is 4.36. The third kappa shape index (κ3) is 2.78. The maximum Gasteiger partial charge on any atom is 0.225 e. The molecule has 3 nitrogen and oxygen atoms in total. The van der Waals surface area contributed by atoms with Crippen molar-refractivity contribution in [3.8, 4) is 0 Å². The van der Waals surface area contributed by atoms with Gasteiger partial charge < -0.3 is 4.90 Å². The average molecular weight is 268 g/mol. The van der Waals surface area contributed by atoms with Gasteiger partial charge >= 0.3 is 0 Å². The molecule has 0 atom stereocenters. The van der Waals surface area contributed by atoms with Crippen LogP contribution in [0.2, 0.25) is 0 Å². The number of nitrogens with zero attached hydrogens (tertiary/aromatic N) is 3. The number of rotatable bonds is 3. The molecule has 0 unspecified atom stereocenters. The molecule has 0 bridgehead atoms. The first-order valence-corrected chi connectivity index (χ1v) is 6.32. The lowest BCUT2D eigenvalue weighted by molar-refractivity contribution is 0.897. The van der Waals surface area contributed by atoms with E-state index in [1.807, 2.05) is 24.5 Å². The fourth-order valence-corrected chi connectivity index (χ4v) is 1.87. The Labute approximate surface area is 98.4 Å². The zero-order valence-electron chi connectivity index (χ0n) is 8.56. The molecular weight excluding hydrogens is 254 g/mol. The van der Waals surface area contributed by atoms with Gasteiger partial charge in [0.05, 0.1) is 0 Å². The highest BCUT2D eigenvalue weighted by Gasteiger charge is 2.13. The Kier molecular flexibility index (Phi) is 3.72. The first kappa shape index (κ1) is 10.6. The van der Waals surface area contributed by atoms with Crippen LogP contribution >= 0.6 is 15.9 Å². The van der Waals surface area contributed by atoms with E-state index in [4.69, 9.17) is 0 Å². The third-order valence-electron chi connectivity index (χ3n) is 2.45. The lowest BCUT2D eigenvalue weighted by atomic mass is 10.3. The van der Waals surface area contributed by atoms with Crippen LogP contribution in [0.1, 0.15) is 18.4 Å². The van der Waals surface area contributed by atoms with E-state index in [2.05, 4.69) is 30.8 Å². The highest BCUT2D eigenvalue weighted by atomic mass is 79.9. The van der Waals surface area contributed by atoms with Crippen LogP contribution in [0.15, 0.2) is 18.5 Å². The van der Waals surface area contributed by atoms with Gasteiger partial charge in [0.2, 0.25) is 5.95 Å². The molecular formula is C11H14BrN3. The molecule has 0 aromatic carbocycles. The van der Waals surface area contributed by atoms with E-state index in [0.717, 1.165) is 29.9 Å². The molecule has 1 aromatic heterocycles. The minimum absolute atomic E-state index is 0.862. The van der Waals surface area contributed by atoms with E-state index in [9.17, 15) is 0 Å². The lowest BCUT2D eigenvalue weighted by Gasteiger charge is -2.14. The number of allylic oxidation sites excluding steroid dienone is 1. The summed E-state index contributed by atoms with van der Waals surface area (Å²) in [5, 5.41) is 0.862. The minimum atomic E-state index is 0.862. The van der Waals surface area contributed by atoms with E-state index in [0.29, 0.717) is 0 Å². The average Bonchev–Trinajstić information content (AvgIpc) is 2.80. The Morgan fingerprint density at radius 3 is 2.53 bits per heavy atom. The summed E-state index contributed by atoms with van der Waals surface area (Å²) in [6, 6.07) is 0. The Morgan fingerprint density at radius 2 is 1.93 bits per heavy atom. The molecule has 1 aliphatic heterocycles. The summed E-state index contributed by atoms with van der Waals surface area (Å²) in [6.07, 6.45) is 10.3. The Morgan fingerprint density at radius 1 is 1.27 bits per heavy atom. The molecule has 0 radical (unpaired) electrons. The van der Waals surface area contributed by atoms with Gasteiger partial charge in [-0.2, -0.15) is 0 Å². The fraction of sp³-hybridized carbons (Fsp3) is 0.455. The predicted molar refractivity (Wildman–Crippen MR) is 66.3 cm³/mol. The number of anilines is 1. The van der Waals surface area contributed by atoms with Gasteiger partial charge in [0.1, 0.15) is 0 Å². The van der Waals surface area contributed by atoms with Crippen molar-refractivity contribution in [2.75, 3.05) is 23.3 Å². The highest BCUT2D eigenvalue weighted by molar-refractivity contribution is 9.09. The fourth-order valence-electron chi connectivity index (χ4n) is 1.68. The van der Waals surface area contributed by atoms with Crippen molar-refractivity contribution in [3.05, 3.63) is 24.0 Å². The van der Waals surface area contributed by atoms with Crippen molar-refractivity contribution in [2.24, 2.45) is 0 Å². The zero-order chi connectivity index (χ0) is 10.5. The van der Waals surface area contributed by atoms with Crippen molar-refractivity contribution in [1.82, 2.24) is 9.97 Å². The summed E-state index contributed by atoms with van der Waals surface area (Å²) in [7, 11) is 0. The van der Waals surface area contributed by atoms with Gasteiger partial charge in [-0.1, -0.05) is 28.1 Å². The molecule has 15 heavy (non-hydrogen) atoms. The van der Waals surface area contributed by atoms with Crippen LogP contribution in [0.4, 0.5) is 5.95 Å². The number of hydrogen-bond donors (Lipinski definition) is 0. The van der Waals surface area contributed by atoms with Crippen molar-refractivity contribution in [2.45, 2.75) is 12.8 Å². The Balaban J connectivity index is 2.06. The molecule has 1 aliphatic rings. The number of hydrogen-bond acceptors (Lipinski definition) is 3. The minimum Gasteiger partial charge on any atom is -0.341 e. The van der Waals surface area contributed by atoms with Crippen LogP contribution in [0.5, 0.6) is 0 Å². The van der Waals surface area contributed by atoms with E-state index in [1.54, 1.807) is 0 Å². The molecule has 4 heteroatoms. The van der Waals surface area contributed by atoms with E-state index in [-0.39, 0.29) is 0 Å². The summed E-state index contributed by atoms with van der Waals surface area (Å²) < 4.78 is 0. The van der Waals surface area contributed by atoms with Crippen molar-refractivity contribution >= 4 is 28.0 Å². The van der Waals surface area contributed by atoms with Crippen LogP contribution in [0.25, 0.3) is 6.08 Å². The highest BCUT2D eigenvalue weighted by Crippen LogP contribution is 2.14. The molecule has 2 heterocycles. The lowest BCUT2D eigenvalue weighted by Crippen LogP contribution is -2.20. The number of halogens is 1. The van der Waals surface area contributed by atoms with Crippen LogP contribution in [0, 0.1) is 0 Å². The van der Waals surface area contributed by atoms with Crippen LogP contribution in [0.3, 0.4) is 0 Å². The van der Waals surface area contributed by atoms with E-state index in [1.165, 1.54) is 12.8 Å². The predicted octanol–water partition coefficient (Wildman–Crippen LogP) is 2.48. The van der Waals surface area contributed by atoms with Crippen LogP contribution in [-0.4, -0.2) is 28.4 Å². The molecule has 0 aliphatic carbocycles. The number of aromatic nitrogens is 2. The van der Waals surface area contributed by atoms with Crippen molar-refractivity contribution in [3.63, 3.8) is 0 Å². The van der Waals surface area contributed by atoms with Gasteiger partial charge in [0.25, 0.3) is 0 Å². The normalized spacial score (nSPS) is 16.5. The molecule has 1 aromatic rings. The van der Waals surface area contributed by atoms with Gasteiger partial charge in [-0.3, -0.25) is 0 Å². The van der Waals surface area contributed by atoms with Crippen LogP contribution < -0.4 is 4.90 Å². The second kappa shape index (κ2) is 5.26. The van der Waals surface area contributed by atoms with Crippen molar-refractivity contribution in [1.29, 1.82) is 0 Å². The summed E-state index contributed by atoms with van der Waals surface area (Å²) in [6.45, 7) is 2.19. The van der Waals surface area contributed by atoms with Crippen LogP contribution in [-0.2, 0) is 0 Å². The topological polar surface area (TPSA) is 29.0 Å². The van der Waals surface area contributed by atoms with Crippen molar-refractivity contribution < 1.29 is 0 Å².